The predicted molar refractivity (Wildman–Crippen MR) is 97.7 cm³/mol. The molecule has 3 rings (SSSR count). The third-order valence-electron chi connectivity index (χ3n) is 4.57. The third kappa shape index (κ3) is 4.46. The molecule has 0 N–H and O–H groups in total. The molecule has 2 aromatic rings. The fourth-order valence-electron chi connectivity index (χ4n) is 3.37. The van der Waals surface area contributed by atoms with Crippen LogP contribution in [0.2, 0.25) is 0 Å². The first kappa shape index (κ1) is 18.5. The smallest absolute Gasteiger partial charge is 0.222 e. The molecule has 0 aliphatic carbocycles. The van der Waals surface area contributed by atoms with Gasteiger partial charge in [0.15, 0.2) is 5.82 Å². The Labute approximate surface area is 154 Å². The summed E-state index contributed by atoms with van der Waals surface area (Å²) in [5.74, 6) is 0.826. The summed E-state index contributed by atoms with van der Waals surface area (Å²) in [5, 5.41) is 4.44. The summed E-state index contributed by atoms with van der Waals surface area (Å²) in [5.41, 5.74) is 3.99. The largest absolute Gasteiger partial charge is 0.367 e. The number of aryl methyl sites for hydroxylation is 5. The van der Waals surface area contributed by atoms with Crippen LogP contribution in [0.5, 0.6) is 0 Å². The number of hydrogen-bond acceptors (Lipinski definition) is 5. The highest BCUT2D eigenvalue weighted by atomic mass is 16.5. The van der Waals surface area contributed by atoms with Gasteiger partial charge in [-0.25, -0.2) is 9.97 Å². The lowest BCUT2D eigenvalue weighted by Gasteiger charge is -2.32. The van der Waals surface area contributed by atoms with Gasteiger partial charge in [-0.15, -0.1) is 0 Å². The van der Waals surface area contributed by atoms with Gasteiger partial charge in [-0.1, -0.05) is 0 Å². The Morgan fingerprint density at radius 3 is 2.54 bits per heavy atom. The van der Waals surface area contributed by atoms with Gasteiger partial charge in [0.05, 0.1) is 18.8 Å². The molecule has 1 amide bonds. The zero-order valence-corrected chi connectivity index (χ0v) is 16.0. The summed E-state index contributed by atoms with van der Waals surface area (Å²) in [4.78, 5) is 23.4. The van der Waals surface area contributed by atoms with E-state index >= 15 is 0 Å². The van der Waals surface area contributed by atoms with Gasteiger partial charge in [0.25, 0.3) is 0 Å². The molecule has 0 radical (unpaired) electrons. The molecule has 3 heterocycles. The normalized spacial score (nSPS) is 17.5. The number of nitrogens with zero attached hydrogens (tertiary/aromatic N) is 5. The molecule has 7 heteroatoms. The molecule has 0 bridgehead atoms. The lowest BCUT2D eigenvalue weighted by molar-refractivity contribution is -0.139. The maximum atomic E-state index is 12.6. The van der Waals surface area contributed by atoms with Crippen molar-refractivity contribution >= 4 is 5.91 Å². The van der Waals surface area contributed by atoms with E-state index in [-0.39, 0.29) is 12.0 Å². The zero-order chi connectivity index (χ0) is 18.7. The Morgan fingerprint density at radius 2 is 1.88 bits per heavy atom. The van der Waals surface area contributed by atoms with Gasteiger partial charge >= 0.3 is 0 Å². The van der Waals surface area contributed by atoms with Crippen LogP contribution >= 0.6 is 0 Å². The van der Waals surface area contributed by atoms with E-state index < -0.39 is 0 Å². The Hall–Kier alpha value is -2.28. The van der Waals surface area contributed by atoms with Gasteiger partial charge in [-0.05, 0) is 46.2 Å². The molecule has 1 atom stereocenters. The second-order valence-corrected chi connectivity index (χ2v) is 6.96. The van der Waals surface area contributed by atoms with Crippen molar-refractivity contribution in [1.82, 2.24) is 24.6 Å². The Morgan fingerprint density at radius 1 is 1.15 bits per heavy atom. The Balaban J connectivity index is 1.55. The minimum absolute atomic E-state index is 0.157. The molecule has 0 saturated carbocycles. The molecule has 7 nitrogen and oxygen atoms in total. The van der Waals surface area contributed by atoms with E-state index in [1.807, 2.05) is 43.3 Å². The molecular formula is C19H27N5O2. The van der Waals surface area contributed by atoms with Gasteiger partial charge in [-0.3, -0.25) is 9.48 Å². The number of amides is 1. The van der Waals surface area contributed by atoms with Crippen LogP contribution < -0.4 is 0 Å². The predicted octanol–water partition coefficient (Wildman–Crippen LogP) is 2.29. The van der Waals surface area contributed by atoms with E-state index in [0.29, 0.717) is 31.9 Å². The van der Waals surface area contributed by atoms with E-state index in [0.717, 1.165) is 35.7 Å². The van der Waals surface area contributed by atoms with E-state index in [2.05, 4.69) is 21.1 Å². The first-order valence-electron chi connectivity index (χ1n) is 9.15. The highest BCUT2D eigenvalue weighted by Gasteiger charge is 2.27. The first-order valence-corrected chi connectivity index (χ1v) is 9.15. The quantitative estimate of drug-likeness (QED) is 0.821. The summed E-state index contributed by atoms with van der Waals surface area (Å²) >= 11 is 0. The van der Waals surface area contributed by atoms with Crippen LogP contribution in [0.1, 0.15) is 47.5 Å². The van der Waals surface area contributed by atoms with E-state index in [1.165, 1.54) is 0 Å². The van der Waals surface area contributed by atoms with Gasteiger partial charge in [0.2, 0.25) is 5.91 Å². The minimum atomic E-state index is -0.248. The second kappa shape index (κ2) is 7.95. The topological polar surface area (TPSA) is 73.1 Å². The lowest BCUT2D eigenvalue weighted by atomic mass is 10.2. The lowest BCUT2D eigenvalue weighted by Crippen LogP contribution is -2.42. The van der Waals surface area contributed by atoms with Crippen molar-refractivity contribution in [2.45, 2.75) is 53.2 Å². The summed E-state index contributed by atoms with van der Waals surface area (Å²) < 4.78 is 7.78. The number of carbonyl (C=O) groups excluding carboxylic acids is 1. The molecule has 0 unspecified atom stereocenters. The van der Waals surface area contributed by atoms with Crippen LogP contribution in [0.15, 0.2) is 12.1 Å². The van der Waals surface area contributed by atoms with Gasteiger partial charge in [0.1, 0.15) is 6.10 Å². The number of aromatic nitrogens is 4. The van der Waals surface area contributed by atoms with Gasteiger partial charge in [0, 0.05) is 36.6 Å². The maximum Gasteiger partial charge on any atom is 0.222 e. The van der Waals surface area contributed by atoms with E-state index in [9.17, 15) is 4.79 Å². The summed E-state index contributed by atoms with van der Waals surface area (Å²) in [6, 6.07) is 3.99. The minimum Gasteiger partial charge on any atom is -0.367 e. The SMILES string of the molecule is Cc1cc(C)nc([C@@H]2CN(C(=O)CCCn3nc(C)cc3C)CCO2)n1. The Kier molecular flexibility index (Phi) is 5.66. The van der Waals surface area contributed by atoms with Crippen molar-refractivity contribution in [1.29, 1.82) is 0 Å². The number of morpholine rings is 1. The monoisotopic (exact) mass is 357 g/mol. The van der Waals surface area contributed by atoms with Crippen molar-refractivity contribution in [3.05, 3.63) is 40.7 Å². The molecule has 1 fully saturated rings. The molecule has 140 valence electrons. The van der Waals surface area contributed by atoms with Crippen LogP contribution in [0.3, 0.4) is 0 Å². The number of carbonyl (C=O) groups is 1. The van der Waals surface area contributed by atoms with Crippen LogP contribution in [0, 0.1) is 27.7 Å². The molecular weight excluding hydrogens is 330 g/mol. The third-order valence-corrected chi connectivity index (χ3v) is 4.57. The molecule has 2 aromatic heterocycles. The van der Waals surface area contributed by atoms with Crippen LogP contribution in [-0.4, -0.2) is 50.3 Å². The highest BCUT2D eigenvalue weighted by molar-refractivity contribution is 5.76. The maximum absolute atomic E-state index is 12.6. The molecule has 0 spiro atoms. The molecule has 26 heavy (non-hydrogen) atoms. The summed E-state index contributed by atoms with van der Waals surface area (Å²) in [7, 11) is 0. The number of rotatable bonds is 5. The average molecular weight is 357 g/mol. The van der Waals surface area contributed by atoms with Gasteiger partial charge in [-0.2, -0.15) is 5.10 Å². The van der Waals surface area contributed by atoms with Crippen molar-refractivity contribution < 1.29 is 9.53 Å². The van der Waals surface area contributed by atoms with Crippen LogP contribution in [0.4, 0.5) is 0 Å². The van der Waals surface area contributed by atoms with Gasteiger partial charge < -0.3 is 9.64 Å². The van der Waals surface area contributed by atoms with Crippen LogP contribution in [0.25, 0.3) is 0 Å². The van der Waals surface area contributed by atoms with Crippen molar-refractivity contribution in [2.75, 3.05) is 19.7 Å². The van der Waals surface area contributed by atoms with Crippen LogP contribution in [-0.2, 0) is 16.1 Å². The second-order valence-electron chi connectivity index (χ2n) is 6.96. The Bertz CT molecular complexity index is 766. The summed E-state index contributed by atoms with van der Waals surface area (Å²) in [6.07, 6.45) is 1.05. The highest BCUT2D eigenvalue weighted by Crippen LogP contribution is 2.20. The molecule has 0 aromatic carbocycles. The first-order chi connectivity index (χ1) is 12.4. The summed E-state index contributed by atoms with van der Waals surface area (Å²) in [6.45, 7) is 10.3. The molecule has 1 aliphatic heterocycles. The van der Waals surface area contributed by atoms with Crippen molar-refractivity contribution in [3.63, 3.8) is 0 Å². The van der Waals surface area contributed by atoms with Crippen molar-refractivity contribution in [2.24, 2.45) is 0 Å². The number of hydrogen-bond donors (Lipinski definition) is 0. The fourth-order valence-corrected chi connectivity index (χ4v) is 3.37. The van der Waals surface area contributed by atoms with E-state index in [4.69, 9.17) is 4.74 Å². The van der Waals surface area contributed by atoms with Crippen molar-refractivity contribution in [3.8, 4) is 0 Å². The zero-order valence-electron chi connectivity index (χ0n) is 16.0. The standard InChI is InChI=1S/C19H27N5O2/c1-13-10-14(2)21-19(20-13)17-12-23(8-9-26-17)18(25)6-5-7-24-16(4)11-15(3)22-24/h10-11,17H,5-9,12H2,1-4H3/t17-/m0/s1. The molecule has 1 saturated heterocycles. The number of ether oxygens (including phenoxy) is 1. The van der Waals surface area contributed by atoms with E-state index in [1.54, 1.807) is 0 Å². The molecule has 1 aliphatic rings. The average Bonchev–Trinajstić information content (AvgIpc) is 2.91. The fraction of sp³-hybridized carbons (Fsp3) is 0.579.